The van der Waals surface area contributed by atoms with Crippen molar-refractivity contribution in [3.05, 3.63) is 23.8 Å². The van der Waals surface area contributed by atoms with Crippen LogP contribution in [0.3, 0.4) is 0 Å². The number of rotatable bonds is 6. The molecule has 1 amide bonds. The molecule has 0 aromatic heterocycles. The van der Waals surface area contributed by atoms with Crippen LogP contribution in [0.4, 0.5) is 0 Å². The van der Waals surface area contributed by atoms with E-state index in [1.165, 1.54) is 6.42 Å². The summed E-state index contributed by atoms with van der Waals surface area (Å²) < 4.78 is 10.6. The lowest BCUT2D eigenvalue weighted by Crippen LogP contribution is -2.39. The van der Waals surface area contributed by atoms with Gasteiger partial charge >= 0.3 is 0 Å². The first kappa shape index (κ1) is 16.6. The Morgan fingerprint density at radius 2 is 2.00 bits per heavy atom. The molecular formula is C17H26N2O3. The summed E-state index contributed by atoms with van der Waals surface area (Å²) in [5.41, 5.74) is 0.579. The average molecular weight is 306 g/mol. The van der Waals surface area contributed by atoms with Crippen LogP contribution in [0.25, 0.3) is 0 Å². The van der Waals surface area contributed by atoms with Crippen molar-refractivity contribution in [2.75, 3.05) is 40.9 Å². The Kier molecular flexibility index (Phi) is 6.07. The SMILES string of the molecule is CNCCC1CCN(C(=O)c2cccc(OC)c2OC)CC1. The normalized spacial score (nSPS) is 15.7. The van der Waals surface area contributed by atoms with Crippen molar-refractivity contribution in [3.63, 3.8) is 0 Å². The molecule has 0 unspecified atom stereocenters. The fourth-order valence-corrected chi connectivity index (χ4v) is 3.00. The Hall–Kier alpha value is -1.75. The van der Waals surface area contributed by atoms with Gasteiger partial charge in [-0.2, -0.15) is 0 Å². The number of hydrogen-bond acceptors (Lipinski definition) is 4. The van der Waals surface area contributed by atoms with Crippen molar-refractivity contribution in [1.82, 2.24) is 10.2 Å². The quantitative estimate of drug-likeness (QED) is 0.875. The fraction of sp³-hybridized carbons (Fsp3) is 0.588. The number of piperidine rings is 1. The van der Waals surface area contributed by atoms with E-state index in [1.807, 2.05) is 18.0 Å². The number of likely N-dealkylation sites (tertiary alicyclic amines) is 1. The van der Waals surface area contributed by atoms with Gasteiger partial charge in [0.15, 0.2) is 11.5 Å². The number of nitrogens with zero attached hydrogens (tertiary/aromatic N) is 1. The highest BCUT2D eigenvalue weighted by molar-refractivity contribution is 5.97. The van der Waals surface area contributed by atoms with Gasteiger partial charge in [-0.1, -0.05) is 6.07 Å². The molecule has 0 aliphatic carbocycles. The standard InChI is InChI=1S/C17H26N2O3/c1-18-10-7-13-8-11-19(12-9-13)17(20)14-5-4-6-15(21-2)16(14)22-3/h4-6,13,18H,7-12H2,1-3H3. The summed E-state index contributed by atoms with van der Waals surface area (Å²) in [5, 5.41) is 3.19. The zero-order valence-electron chi connectivity index (χ0n) is 13.7. The van der Waals surface area contributed by atoms with Crippen LogP contribution in [0.1, 0.15) is 29.6 Å². The van der Waals surface area contributed by atoms with Crippen molar-refractivity contribution in [2.45, 2.75) is 19.3 Å². The second kappa shape index (κ2) is 8.03. The number of carbonyl (C=O) groups is 1. The van der Waals surface area contributed by atoms with Crippen LogP contribution in [-0.4, -0.2) is 51.7 Å². The highest BCUT2D eigenvalue weighted by Gasteiger charge is 2.26. The molecule has 5 nitrogen and oxygen atoms in total. The molecule has 2 rings (SSSR count). The predicted molar refractivity (Wildman–Crippen MR) is 86.7 cm³/mol. The number of carbonyl (C=O) groups excluding carboxylic acids is 1. The van der Waals surface area contributed by atoms with Crippen LogP contribution in [-0.2, 0) is 0 Å². The molecule has 1 saturated heterocycles. The van der Waals surface area contributed by atoms with Crippen molar-refractivity contribution in [2.24, 2.45) is 5.92 Å². The van der Waals surface area contributed by atoms with E-state index in [9.17, 15) is 4.79 Å². The summed E-state index contributed by atoms with van der Waals surface area (Å²) in [4.78, 5) is 14.7. The van der Waals surface area contributed by atoms with Gasteiger partial charge in [0.05, 0.1) is 19.8 Å². The van der Waals surface area contributed by atoms with E-state index in [0.29, 0.717) is 23.0 Å². The van der Waals surface area contributed by atoms with Gasteiger partial charge < -0.3 is 19.7 Å². The maximum absolute atomic E-state index is 12.7. The van der Waals surface area contributed by atoms with E-state index >= 15 is 0 Å². The molecule has 0 atom stereocenters. The predicted octanol–water partition coefficient (Wildman–Crippen LogP) is 2.17. The molecular weight excluding hydrogens is 280 g/mol. The molecule has 1 aromatic rings. The Morgan fingerprint density at radius 3 is 2.59 bits per heavy atom. The summed E-state index contributed by atoms with van der Waals surface area (Å²) in [5.74, 6) is 1.86. The number of amides is 1. The summed E-state index contributed by atoms with van der Waals surface area (Å²) in [7, 11) is 5.13. The molecule has 5 heteroatoms. The second-order valence-electron chi connectivity index (χ2n) is 5.67. The number of ether oxygens (including phenoxy) is 2. The highest BCUT2D eigenvalue weighted by Crippen LogP contribution is 2.32. The molecule has 0 radical (unpaired) electrons. The van der Waals surface area contributed by atoms with Crippen molar-refractivity contribution >= 4 is 5.91 Å². The lowest BCUT2D eigenvalue weighted by Gasteiger charge is -2.32. The van der Waals surface area contributed by atoms with E-state index in [4.69, 9.17) is 9.47 Å². The van der Waals surface area contributed by atoms with Crippen molar-refractivity contribution in [3.8, 4) is 11.5 Å². The minimum atomic E-state index is 0.0304. The molecule has 1 aliphatic heterocycles. The zero-order valence-corrected chi connectivity index (χ0v) is 13.7. The molecule has 0 saturated carbocycles. The van der Waals surface area contributed by atoms with Gasteiger partial charge in [0, 0.05) is 13.1 Å². The zero-order chi connectivity index (χ0) is 15.9. The van der Waals surface area contributed by atoms with Crippen LogP contribution in [0.15, 0.2) is 18.2 Å². The molecule has 122 valence electrons. The number of para-hydroxylation sites is 1. The summed E-state index contributed by atoms with van der Waals surface area (Å²) >= 11 is 0. The Morgan fingerprint density at radius 1 is 1.27 bits per heavy atom. The fourth-order valence-electron chi connectivity index (χ4n) is 3.00. The Balaban J connectivity index is 2.04. The highest BCUT2D eigenvalue weighted by atomic mass is 16.5. The van der Waals surface area contributed by atoms with E-state index in [0.717, 1.165) is 32.5 Å². The summed E-state index contributed by atoms with van der Waals surface area (Å²) in [6.07, 6.45) is 3.32. The van der Waals surface area contributed by atoms with Gasteiger partial charge in [-0.15, -0.1) is 0 Å². The van der Waals surface area contributed by atoms with Gasteiger partial charge in [0.1, 0.15) is 0 Å². The molecule has 1 heterocycles. The molecule has 1 aliphatic rings. The van der Waals surface area contributed by atoms with Gasteiger partial charge in [0.25, 0.3) is 5.91 Å². The third-order valence-electron chi connectivity index (χ3n) is 4.34. The van der Waals surface area contributed by atoms with E-state index in [-0.39, 0.29) is 5.91 Å². The van der Waals surface area contributed by atoms with Crippen LogP contribution in [0.5, 0.6) is 11.5 Å². The topological polar surface area (TPSA) is 50.8 Å². The van der Waals surface area contributed by atoms with Crippen LogP contribution in [0, 0.1) is 5.92 Å². The molecule has 22 heavy (non-hydrogen) atoms. The molecule has 1 fully saturated rings. The molecule has 0 spiro atoms. The summed E-state index contributed by atoms with van der Waals surface area (Å²) in [6.45, 7) is 2.67. The van der Waals surface area contributed by atoms with Crippen LogP contribution >= 0.6 is 0 Å². The monoisotopic (exact) mass is 306 g/mol. The minimum Gasteiger partial charge on any atom is -0.493 e. The van der Waals surface area contributed by atoms with Gasteiger partial charge in [-0.3, -0.25) is 4.79 Å². The van der Waals surface area contributed by atoms with E-state index in [2.05, 4.69) is 5.32 Å². The Bertz CT molecular complexity index is 497. The first-order valence-electron chi connectivity index (χ1n) is 7.86. The largest absolute Gasteiger partial charge is 0.493 e. The average Bonchev–Trinajstić information content (AvgIpc) is 2.58. The molecule has 1 aromatic carbocycles. The second-order valence-corrected chi connectivity index (χ2v) is 5.67. The van der Waals surface area contributed by atoms with Gasteiger partial charge in [-0.25, -0.2) is 0 Å². The van der Waals surface area contributed by atoms with Crippen LogP contribution < -0.4 is 14.8 Å². The Labute approximate surface area is 132 Å². The molecule has 1 N–H and O–H groups in total. The van der Waals surface area contributed by atoms with Crippen molar-refractivity contribution < 1.29 is 14.3 Å². The first-order valence-corrected chi connectivity index (χ1v) is 7.86. The van der Waals surface area contributed by atoms with E-state index < -0.39 is 0 Å². The number of benzene rings is 1. The lowest BCUT2D eigenvalue weighted by atomic mass is 9.93. The number of methoxy groups -OCH3 is 2. The minimum absolute atomic E-state index is 0.0304. The first-order chi connectivity index (χ1) is 10.7. The van der Waals surface area contributed by atoms with E-state index in [1.54, 1.807) is 26.4 Å². The summed E-state index contributed by atoms with van der Waals surface area (Å²) in [6, 6.07) is 5.44. The van der Waals surface area contributed by atoms with Gasteiger partial charge in [0.2, 0.25) is 0 Å². The maximum atomic E-state index is 12.7. The number of nitrogens with one attached hydrogen (secondary N) is 1. The third kappa shape index (κ3) is 3.71. The smallest absolute Gasteiger partial charge is 0.257 e. The van der Waals surface area contributed by atoms with Gasteiger partial charge in [-0.05, 0) is 50.9 Å². The maximum Gasteiger partial charge on any atom is 0.257 e. The van der Waals surface area contributed by atoms with Crippen molar-refractivity contribution in [1.29, 1.82) is 0 Å². The molecule has 0 bridgehead atoms. The lowest BCUT2D eigenvalue weighted by molar-refractivity contribution is 0.0683. The number of hydrogen-bond donors (Lipinski definition) is 1. The third-order valence-corrected chi connectivity index (χ3v) is 4.34. The van der Waals surface area contributed by atoms with Crippen LogP contribution in [0.2, 0.25) is 0 Å².